The van der Waals surface area contributed by atoms with Crippen LogP contribution in [0.25, 0.3) is 0 Å². The highest BCUT2D eigenvalue weighted by Gasteiger charge is 2.18. The van der Waals surface area contributed by atoms with E-state index in [1.165, 1.54) is 37.4 Å². The molecule has 1 amide bonds. The molecule has 0 atom stereocenters. The maximum absolute atomic E-state index is 13.2. The van der Waals surface area contributed by atoms with Crippen molar-refractivity contribution in [3.05, 3.63) is 54.1 Å². The fraction of sp³-hybridized carbons (Fsp3) is 0.0714. The second-order valence-corrected chi connectivity index (χ2v) is 5.44. The third-order valence-corrected chi connectivity index (χ3v) is 3.61. The predicted octanol–water partition coefficient (Wildman–Crippen LogP) is 2.61. The first kappa shape index (κ1) is 15.0. The molecule has 7 heteroatoms. The minimum absolute atomic E-state index is 0.118. The fourth-order valence-electron chi connectivity index (χ4n) is 1.74. The van der Waals surface area contributed by atoms with Crippen LogP contribution in [0, 0.1) is 0 Å². The highest BCUT2D eigenvalue weighted by molar-refractivity contribution is 7.86. The molecule has 2 aromatic rings. The molecule has 1 N–H and O–H groups in total. The standard InChI is InChI=1S/C14H12FNO4S/c1-20-11-6-4-5-10(9-11)14(17)16-12-7-2-3-8-13(12)21(15,18)19/h2-9H,1H3,(H,16,17). The van der Waals surface area contributed by atoms with Crippen LogP contribution < -0.4 is 10.1 Å². The maximum atomic E-state index is 13.2. The van der Waals surface area contributed by atoms with E-state index in [0.717, 1.165) is 6.07 Å². The van der Waals surface area contributed by atoms with Gasteiger partial charge in [0.05, 0.1) is 12.8 Å². The average molecular weight is 309 g/mol. The van der Waals surface area contributed by atoms with Crippen molar-refractivity contribution in [3.8, 4) is 5.75 Å². The lowest BCUT2D eigenvalue weighted by molar-refractivity contribution is 0.102. The van der Waals surface area contributed by atoms with Crippen LogP contribution in [0.5, 0.6) is 5.75 Å². The van der Waals surface area contributed by atoms with E-state index in [1.54, 1.807) is 12.1 Å². The Labute approximate surface area is 121 Å². The number of halogens is 1. The number of nitrogens with one attached hydrogen (secondary N) is 1. The lowest BCUT2D eigenvalue weighted by atomic mass is 10.2. The minimum Gasteiger partial charge on any atom is -0.497 e. The zero-order valence-electron chi connectivity index (χ0n) is 11.0. The normalized spacial score (nSPS) is 11.0. The van der Waals surface area contributed by atoms with Crippen molar-refractivity contribution < 1.29 is 21.8 Å². The molecule has 0 radical (unpaired) electrons. The highest BCUT2D eigenvalue weighted by atomic mass is 32.3. The van der Waals surface area contributed by atoms with Gasteiger partial charge in [-0.15, -0.1) is 3.89 Å². The molecule has 110 valence electrons. The van der Waals surface area contributed by atoms with Crippen molar-refractivity contribution in [2.24, 2.45) is 0 Å². The Morgan fingerprint density at radius 3 is 2.52 bits per heavy atom. The minimum atomic E-state index is -4.91. The number of amides is 1. The first-order valence-corrected chi connectivity index (χ1v) is 7.29. The molecule has 0 unspecified atom stereocenters. The number of methoxy groups -OCH3 is 1. The van der Waals surface area contributed by atoms with E-state index in [0.29, 0.717) is 5.75 Å². The number of hydrogen-bond acceptors (Lipinski definition) is 4. The predicted molar refractivity (Wildman–Crippen MR) is 75.7 cm³/mol. The SMILES string of the molecule is COc1cccc(C(=O)Nc2ccccc2S(=O)(=O)F)c1. The van der Waals surface area contributed by atoms with Crippen LogP contribution in [-0.4, -0.2) is 21.4 Å². The molecule has 0 spiro atoms. The molecule has 0 aliphatic carbocycles. The van der Waals surface area contributed by atoms with Crippen LogP contribution in [0.4, 0.5) is 9.57 Å². The van der Waals surface area contributed by atoms with Crippen LogP contribution in [0.1, 0.15) is 10.4 Å². The Kier molecular flexibility index (Phi) is 4.23. The van der Waals surface area contributed by atoms with Crippen molar-refractivity contribution >= 4 is 21.8 Å². The van der Waals surface area contributed by atoms with Crippen LogP contribution in [0.15, 0.2) is 53.4 Å². The van der Waals surface area contributed by atoms with Gasteiger partial charge in [0.25, 0.3) is 5.91 Å². The van der Waals surface area contributed by atoms with Crippen molar-refractivity contribution in [3.63, 3.8) is 0 Å². The second-order valence-electron chi connectivity index (χ2n) is 4.12. The number of anilines is 1. The number of carbonyl (C=O) groups excluding carboxylic acids is 1. The largest absolute Gasteiger partial charge is 0.497 e. The van der Waals surface area contributed by atoms with Gasteiger partial charge in [0, 0.05) is 5.56 Å². The van der Waals surface area contributed by atoms with E-state index in [1.807, 2.05) is 0 Å². The molecule has 0 heterocycles. The second kappa shape index (κ2) is 5.92. The van der Waals surface area contributed by atoms with Gasteiger partial charge in [-0.2, -0.15) is 8.42 Å². The smallest absolute Gasteiger partial charge is 0.334 e. The zero-order valence-corrected chi connectivity index (χ0v) is 11.9. The first-order chi connectivity index (χ1) is 9.91. The quantitative estimate of drug-likeness (QED) is 0.881. The molecule has 0 saturated carbocycles. The van der Waals surface area contributed by atoms with Crippen molar-refractivity contribution in [1.29, 1.82) is 0 Å². The Morgan fingerprint density at radius 1 is 1.14 bits per heavy atom. The van der Waals surface area contributed by atoms with Crippen LogP contribution in [0.3, 0.4) is 0 Å². The Bertz CT molecular complexity index is 774. The van der Waals surface area contributed by atoms with Gasteiger partial charge in [-0.05, 0) is 30.3 Å². The van der Waals surface area contributed by atoms with E-state index in [4.69, 9.17) is 4.74 Å². The summed E-state index contributed by atoms with van der Waals surface area (Å²) in [6.07, 6.45) is 0. The molecule has 21 heavy (non-hydrogen) atoms. The van der Waals surface area contributed by atoms with Gasteiger partial charge in [0.2, 0.25) is 0 Å². The van der Waals surface area contributed by atoms with Gasteiger partial charge in [0.1, 0.15) is 10.6 Å². The summed E-state index contributed by atoms with van der Waals surface area (Å²) in [4.78, 5) is 11.5. The molecule has 0 saturated heterocycles. The summed E-state index contributed by atoms with van der Waals surface area (Å²) in [5.41, 5.74) is 0.147. The molecule has 2 rings (SSSR count). The number of benzene rings is 2. The number of hydrogen-bond donors (Lipinski definition) is 1. The summed E-state index contributed by atoms with van der Waals surface area (Å²) in [5, 5.41) is 2.37. The Balaban J connectivity index is 2.32. The monoisotopic (exact) mass is 309 g/mol. The Morgan fingerprint density at radius 2 is 1.86 bits per heavy atom. The molecule has 0 bridgehead atoms. The van der Waals surface area contributed by atoms with Gasteiger partial charge < -0.3 is 10.1 Å². The first-order valence-electron chi connectivity index (χ1n) is 5.91. The van der Waals surface area contributed by atoms with Gasteiger partial charge in [0.15, 0.2) is 0 Å². The summed E-state index contributed by atoms with van der Waals surface area (Å²) >= 11 is 0. The molecule has 2 aromatic carbocycles. The van der Waals surface area contributed by atoms with Gasteiger partial charge >= 0.3 is 10.2 Å². The number of rotatable bonds is 4. The van der Waals surface area contributed by atoms with E-state index in [-0.39, 0.29) is 11.3 Å². The van der Waals surface area contributed by atoms with E-state index >= 15 is 0 Å². The van der Waals surface area contributed by atoms with E-state index in [2.05, 4.69) is 5.32 Å². The zero-order chi connectivity index (χ0) is 15.5. The van der Waals surface area contributed by atoms with Crippen molar-refractivity contribution in [2.45, 2.75) is 4.90 Å². The Hall–Kier alpha value is -2.41. The van der Waals surface area contributed by atoms with Gasteiger partial charge in [-0.3, -0.25) is 4.79 Å². The lowest BCUT2D eigenvalue weighted by Gasteiger charge is -2.09. The lowest BCUT2D eigenvalue weighted by Crippen LogP contribution is -2.14. The highest BCUT2D eigenvalue weighted by Crippen LogP contribution is 2.23. The van der Waals surface area contributed by atoms with Crippen molar-refractivity contribution in [1.82, 2.24) is 0 Å². The van der Waals surface area contributed by atoms with E-state index in [9.17, 15) is 17.1 Å². The number of para-hydroxylation sites is 1. The van der Waals surface area contributed by atoms with Crippen LogP contribution >= 0.6 is 0 Å². The summed E-state index contributed by atoms with van der Waals surface area (Å²) in [5.74, 6) is -0.0842. The van der Waals surface area contributed by atoms with E-state index < -0.39 is 21.0 Å². The number of ether oxygens (including phenoxy) is 1. The molecule has 0 aromatic heterocycles. The van der Waals surface area contributed by atoms with Crippen LogP contribution in [0.2, 0.25) is 0 Å². The van der Waals surface area contributed by atoms with Crippen molar-refractivity contribution in [2.75, 3.05) is 12.4 Å². The van der Waals surface area contributed by atoms with Crippen LogP contribution in [-0.2, 0) is 10.2 Å². The number of carbonyl (C=O) groups is 1. The summed E-state index contributed by atoms with van der Waals surface area (Å²) in [6, 6.07) is 11.6. The molecule has 0 aliphatic rings. The topological polar surface area (TPSA) is 72.5 Å². The van der Waals surface area contributed by atoms with Gasteiger partial charge in [-0.25, -0.2) is 0 Å². The molecule has 0 aliphatic heterocycles. The summed E-state index contributed by atoms with van der Waals surface area (Å²) in [7, 11) is -3.45. The van der Waals surface area contributed by atoms with Gasteiger partial charge in [-0.1, -0.05) is 18.2 Å². The fourth-order valence-corrected chi connectivity index (χ4v) is 2.36. The molecular weight excluding hydrogens is 297 g/mol. The molecule has 0 fully saturated rings. The molecular formula is C14H12FNO4S. The molecule has 5 nitrogen and oxygen atoms in total. The third kappa shape index (κ3) is 3.57. The average Bonchev–Trinajstić information content (AvgIpc) is 2.46. The maximum Gasteiger partial charge on any atom is 0.334 e. The third-order valence-electron chi connectivity index (χ3n) is 2.73. The summed E-state index contributed by atoms with van der Waals surface area (Å²) < 4.78 is 40.2. The summed E-state index contributed by atoms with van der Waals surface area (Å²) in [6.45, 7) is 0.